The average molecular weight is 263 g/mol. The van der Waals surface area contributed by atoms with Crippen LogP contribution in [0.15, 0.2) is 17.2 Å². The molecule has 0 aliphatic rings. The Hall–Kier alpha value is -1.46. The maximum Gasteiger partial charge on any atom is 0.427 e. The third-order valence-corrected chi connectivity index (χ3v) is 2.11. The lowest BCUT2D eigenvalue weighted by Crippen LogP contribution is -2.16. The number of aromatic hydroxyl groups is 1. The van der Waals surface area contributed by atoms with E-state index in [-0.39, 0.29) is 16.3 Å². The second-order valence-electron chi connectivity index (χ2n) is 2.69. The summed E-state index contributed by atoms with van der Waals surface area (Å²) in [5.74, 6) is -0.165. The number of phenols is 1. The van der Waals surface area contributed by atoms with Crippen molar-refractivity contribution in [3.63, 3.8) is 0 Å². The number of nitrogens with zero attached hydrogens (tertiary/aromatic N) is 1. The van der Waals surface area contributed by atoms with E-state index in [2.05, 4.69) is 15.3 Å². The normalized spacial score (nSPS) is 10.4. The molecule has 0 saturated carbocycles. The molecular formula is C9H8Cl2N2O3. The first-order chi connectivity index (χ1) is 7.54. The second kappa shape index (κ2) is 5.58. The van der Waals surface area contributed by atoms with Crippen LogP contribution in [-0.4, -0.2) is 24.5 Å². The van der Waals surface area contributed by atoms with Crippen LogP contribution in [0.3, 0.4) is 0 Å². The second-order valence-corrected chi connectivity index (χ2v) is 3.53. The Bertz CT molecular complexity index is 435. The van der Waals surface area contributed by atoms with E-state index in [1.165, 1.54) is 25.5 Å². The summed E-state index contributed by atoms with van der Waals surface area (Å²) in [6.07, 6.45) is 0.480. The number of ether oxygens (including phenoxy) is 1. The zero-order valence-electron chi connectivity index (χ0n) is 8.20. The molecule has 2 N–H and O–H groups in total. The van der Waals surface area contributed by atoms with Gasteiger partial charge in [-0.05, 0) is 12.1 Å². The molecule has 0 aromatic heterocycles. The van der Waals surface area contributed by atoms with E-state index in [4.69, 9.17) is 23.2 Å². The van der Waals surface area contributed by atoms with Crippen LogP contribution in [0.25, 0.3) is 0 Å². The standard InChI is InChI=1S/C9H8Cl2N2O3/c1-16-9(15)13-12-4-5-2-6(10)3-7(11)8(5)14/h2-4,14H,1H3,(H,13,15)/b12-4+. The van der Waals surface area contributed by atoms with E-state index < -0.39 is 6.09 Å². The van der Waals surface area contributed by atoms with Crippen molar-refractivity contribution in [2.45, 2.75) is 0 Å². The zero-order chi connectivity index (χ0) is 12.1. The Labute approximate surface area is 102 Å². The van der Waals surface area contributed by atoms with Crippen LogP contribution in [0.5, 0.6) is 5.75 Å². The third kappa shape index (κ3) is 3.29. The highest BCUT2D eigenvalue weighted by molar-refractivity contribution is 6.36. The van der Waals surface area contributed by atoms with Gasteiger partial charge < -0.3 is 9.84 Å². The molecule has 0 unspecified atom stereocenters. The number of benzene rings is 1. The van der Waals surface area contributed by atoms with Crippen LogP contribution in [0.4, 0.5) is 4.79 Å². The van der Waals surface area contributed by atoms with Crippen LogP contribution in [0.2, 0.25) is 10.0 Å². The number of phenolic OH excluding ortho intramolecular Hbond substituents is 1. The summed E-state index contributed by atoms with van der Waals surface area (Å²) >= 11 is 11.4. The maximum atomic E-state index is 10.7. The first-order valence-corrected chi connectivity index (χ1v) is 4.85. The molecule has 0 radical (unpaired) electrons. The van der Waals surface area contributed by atoms with Gasteiger partial charge in [0.25, 0.3) is 0 Å². The van der Waals surface area contributed by atoms with E-state index in [0.717, 1.165) is 0 Å². The lowest BCUT2D eigenvalue weighted by molar-refractivity contribution is 0.171. The zero-order valence-corrected chi connectivity index (χ0v) is 9.71. The van der Waals surface area contributed by atoms with E-state index in [0.29, 0.717) is 5.02 Å². The van der Waals surface area contributed by atoms with E-state index in [1.807, 2.05) is 0 Å². The van der Waals surface area contributed by atoms with Crippen molar-refractivity contribution in [3.8, 4) is 5.75 Å². The predicted molar refractivity (Wildman–Crippen MR) is 61.3 cm³/mol. The predicted octanol–water partition coefficient (Wildman–Crippen LogP) is 2.39. The quantitative estimate of drug-likeness (QED) is 0.635. The Morgan fingerprint density at radius 3 is 2.88 bits per heavy atom. The number of halogens is 2. The minimum Gasteiger partial charge on any atom is -0.506 e. The van der Waals surface area contributed by atoms with Crippen LogP contribution in [0.1, 0.15) is 5.56 Å². The number of hydrogen-bond donors (Lipinski definition) is 2. The number of amides is 1. The molecule has 7 heteroatoms. The molecule has 0 aliphatic carbocycles. The Balaban J connectivity index is 2.85. The van der Waals surface area contributed by atoms with Crippen LogP contribution < -0.4 is 5.43 Å². The SMILES string of the molecule is COC(=O)N/N=C/c1cc(Cl)cc(Cl)c1O. The van der Waals surface area contributed by atoms with Crippen LogP contribution in [0, 0.1) is 0 Å². The average Bonchev–Trinajstić information content (AvgIpc) is 2.24. The molecule has 1 aromatic carbocycles. The highest BCUT2D eigenvalue weighted by Gasteiger charge is 2.05. The Morgan fingerprint density at radius 2 is 2.25 bits per heavy atom. The minimum absolute atomic E-state index is 0.104. The number of nitrogens with one attached hydrogen (secondary N) is 1. The molecule has 1 rings (SSSR count). The molecule has 0 saturated heterocycles. The highest BCUT2D eigenvalue weighted by atomic mass is 35.5. The number of methoxy groups -OCH3 is 1. The van der Waals surface area contributed by atoms with Crippen molar-refractivity contribution in [1.29, 1.82) is 0 Å². The molecule has 0 heterocycles. The van der Waals surface area contributed by atoms with Gasteiger partial charge in [0, 0.05) is 10.6 Å². The van der Waals surface area contributed by atoms with Gasteiger partial charge >= 0.3 is 6.09 Å². The smallest absolute Gasteiger partial charge is 0.427 e. The topological polar surface area (TPSA) is 70.9 Å². The van der Waals surface area contributed by atoms with E-state index in [9.17, 15) is 9.90 Å². The van der Waals surface area contributed by atoms with Gasteiger partial charge in [-0.15, -0.1) is 0 Å². The number of rotatable bonds is 2. The fraction of sp³-hybridized carbons (Fsp3) is 0.111. The molecule has 0 aliphatic heterocycles. The fourth-order valence-electron chi connectivity index (χ4n) is 0.884. The number of hydrogen-bond acceptors (Lipinski definition) is 4. The van der Waals surface area contributed by atoms with Crippen molar-refractivity contribution >= 4 is 35.5 Å². The van der Waals surface area contributed by atoms with Gasteiger partial charge in [0.2, 0.25) is 0 Å². The van der Waals surface area contributed by atoms with Crippen LogP contribution >= 0.6 is 23.2 Å². The first kappa shape index (κ1) is 12.6. The van der Waals surface area contributed by atoms with Crippen molar-refractivity contribution in [1.82, 2.24) is 5.43 Å². The molecule has 16 heavy (non-hydrogen) atoms. The minimum atomic E-state index is -0.719. The van der Waals surface area contributed by atoms with Gasteiger partial charge in [0.15, 0.2) is 0 Å². The lowest BCUT2D eigenvalue weighted by atomic mass is 10.2. The summed E-state index contributed by atoms with van der Waals surface area (Å²) in [6.45, 7) is 0. The fourth-order valence-corrected chi connectivity index (χ4v) is 1.39. The first-order valence-electron chi connectivity index (χ1n) is 4.09. The van der Waals surface area contributed by atoms with Gasteiger partial charge in [-0.3, -0.25) is 0 Å². The molecule has 1 aromatic rings. The third-order valence-electron chi connectivity index (χ3n) is 1.60. The van der Waals surface area contributed by atoms with Gasteiger partial charge in [0.05, 0.1) is 18.3 Å². The Morgan fingerprint density at radius 1 is 1.56 bits per heavy atom. The molecule has 86 valence electrons. The molecule has 5 nitrogen and oxygen atoms in total. The molecule has 1 amide bonds. The number of carbonyl (C=O) groups is 1. The highest BCUT2D eigenvalue weighted by Crippen LogP contribution is 2.29. The Kier molecular flexibility index (Phi) is 4.39. The summed E-state index contributed by atoms with van der Waals surface area (Å²) in [4.78, 5) is 10.7. The molecule has 0 bridgehead atoms. The van der Waals surface area contributed by atoms with Crippen LogP contribution in [-0.2, 0) is 4.74 Å². The van der Waals surface area contributed by atoms with Gasteiger partial charge in [-0.25, -0.2) is 10.2 Å². The number of carbonyl (C=O) groups excluding carboxylic acids is 1. The van der Waals surface area contributed by atoms with E-state index in [1.54, 1.807) is 0 Å². The van der Waals surface area contributed by atoms with Gasteiger partial charge in [0.1, 0.15) is 5.75 Å². The summed E-state index contributed by atoms with van der Waals surface area (Å²) in [6, 6.07) is 2.84. The number of hydrazone groups is 1. The molecule has 0 atom stereocenters. The monoisotopic (exact) mass is 262 g/mol. The molecule has 0 fully saturated rings. The summed E-state index contributed by atoms with van der Waals surface area (Å²) in [5.41, 5.74) is 2.34. The largest absolute Gasteiger partial charge is 0.506 e. The van der Waals surface area contributed by atoms with Gasteiger partial charge in [-0.2, -0.15) is 5.10 Å². The van der Waals surface area contributed by atoms with Crippen molar-refractivity contribution in [3.05, 3.63) is 27.7 Å². The summed E-state index contributed by atoms with van der Waals surface area (Å²) in [7, 11) is 1.21. The summed E-state index contributed by atoms with van der Waals surface area (Å²) in [5, 5.41) is 13.5. The van der Waals surface area contributed by atoms with Gasteiger partial charge in [-0.1, -0.05) is 23.2 Å². The lowest BCUT2D eigenvalue weighted by Gasteiger charge is -2.02. The van der Waals surface area contributed by atoms with E-state index >= 15 is 0 Å². The van der Waals surface area contributed by atoms with Crippen molar-refractivity contribution in [2.75, 3.05) is 7.11 Å². The summed E-state index contributed by atoms with van der Waals surface area (Å²) < 4.78 is 4.29. The molecule has 0 spiro atoms. The maximum absolute atomic E-state index is 10.7. The molecular weight excluding hydrogens is 255 g/mol. The van der Waals surface area contributed by atoms with Crippen molar-refractivity contribution < 1.29 is 14.6 Å². The van der Waals surface area contributed by atoms with Crippen molar-refractivity contribution in [2.24, 2.45) is 5.10 Å².